The van der Waals surface area contributed by atoms with Crippen molar-refractivity contribution in [1.29, 1.82) is 0 Å². The van der Waals surface area contributed by atoms with Gasteiger partial charge in [0.1, 0.15) is 0 Å². The van der Waals surface area contributed by atoms with E-state index < -0.39 is 0 Å². The Morgan fingerprint density at radius 1 is 1.28 bits per heavy atom. The molecule has 4 unspecified atom stereocenters. The number of thioether (sulfide) groups is 1. The Bertz CT molecular complexity index is 241. The van der Waals surface area contributed by atoms with Crippen molar-refractivity contribution < 1.29 is 4.74 Å². The summed E-state index contributed by atoms with van der Waals surface area (Å²) in [6, 6.07) is 0.714. The molecule has 1 aliphatic carbocycles. The first-order valence-electron chi connectivity index (χ1n) is 7.61. The number of rotatable bonds is 5. The summed E-state index contributed by atoms with van der Waals surface area (Å²) in [5.41, 5.74) is 0. The summed E-state index contributed by atoms with van der Waals surface area (Å²) >= 11 is 2.16. The Morgan fingerprint density at radius 2 is 2.11 bits per heavy atom. The first-order valence-corrected chi connectivity index (χ1v) is 8.66. The molecule has 2 aliphatic rings. The van der Waals surface area contributed by atoms with E-state index in [0.717, 1.165) is 23.7 Å². The van der Waals surface area contributed by atoms with Crippen LogP contribution in [-0.4, -0.2) is 36.8 Å². The summed E-state index contributed by atoms with van der Waals surface area (Å²) in [7, 11) is 2.12. The van der Waals surface area contributed by atoms with Crippen molar-refractivity contribution in [1.82, 2.24) is 5.32 Å². The van der Waals surface area contributed by atoms with Crippen molar-refractivity contribution >= 4 is 11.8 Å². The van der Waals surface area contributed by atoms with Crippen LogP contribution in [0.5, 0.6) is 0 Å². The summed E-state index contributed by atoms with van der Waals surface area (Å²) in [6.45, 7) is 5.75. The molecule has 0 aromatic carbocycles. The molecule has 1 N–H and O–H groups in total. The summed E-state index contributed by atoms with van der Waals surface area (Å²) in [4.78, 5) is 0. The molecule has 1 saturated carbocycles. The Labute approximate surface area is 117 Å². The lowest BCUT2D eigenvalue weighted by molar-refractivity contribution is 0.128. The van der Waals surface area contributed by atoms with Crippen molar-refractivity contribution in [2.75, 3.05) is 19.4 Å². The normalized spacial score (nSPS) is 37.3. The topological polar surface area (TPSA) is 21.3 Å². The zero-order chi connectivity index (χ0) is 13.0. The Hall–Kier alpha value is 0.270. The molecule has 2 rings (SSSR count). The molecule has 0 spiro atoms. The molecule has 0 bridgehead atoms. The number of nitrogens with one attached hydrogen (secondary N) is 1. The van der Waals surface area contributed by atoms with Crippen LogP contribution in [-0.2, 0) is 4.74 Å². The Morgan fingerprint density at radius 3 is 2.72 bits per heavy atom. The fourth-order valence-electron chi connectivity index (χ4n) is 3.29. The van der Waals surface area contributed by atoms with Crippen molar-refractivity contribution in [3.8, 4) is 0 Å². The maximum absolute atomic E-state index is 5.75. The lowest BCUT2D eigenvalue weighted by Gasteiger charge is -2.37. The minimum Gasteiger partial charge on any atom is -0.377 e. The number of hydrogen-bond donors (Lipinski definition) is 1. The monoisotopic (exact) mass is 271 g/mol. The van der Waals surface area contributed by atoms with Gasteiger partial charge in [0.05, 0.1) is 6.10 Å². The number of hydrogen-bond acceptors (Lipinski definition) is 3. The van der Waals surface area contributed by atoms with Crippen LogP contribution in [0.25, 0.3) is 0 Å². The molecule has 18 heavy (non-hydrogen) atoms. The van der Waals surface area contributed by atoms with E-state index >= 15 is 0 Å². The minimum atomic E-state index is 0.534. The van der Waals surface area contributed by atoms with E-state index in [1.807, 2.05) is 0 Å². The van der Waals surface area contributed by atoms with Crippen molar-refractivity contribution in [2.45, 2.75) is 63.3 Å². The van der Waals surface area contributed by atoms with Crippen LogP contribution in [0.4, 0.5) is 0 Å². The van der Waals surface area contributed by atoms with Gasteiger partial charge in [0.2, 0.25) is 0 Å². The zero-order valence-corrected chi connectivity index (χ0v) is 13.0. The van der Waals surface area contributed by atoms with Gasteiger partial charge in [0, 0.05) is 23.7 Å². The second kappa shape index (κ2) is 7.16. The summed E-state index contributed by atoms with van der Waals surface area (Å²) < 4.78 is 5.75. The fraction of sp³-hybridized carbons (Fsp3) is 1.00. The van der Waals surface area contributed by atoms with Gasteiger partial charge in [-0.1, -0.05) is 13.8 Å². The van der Waals surface area contributed by atoms with E-state index in [1.54, 1.807) is 0 Å². The third-order valence-electron chi connectivity index (χ3n) is 4.67. The zero-order valence-electron chi connectivity index (χ0n) is 12.2. The van der Waals surface area contributed by atoms with E-state index in [9.17, 15) is 0 Å². The van der Waals surface area contributed by atoms with Gasteiger partial charge in [-0.05, 0) is 51.0 Å². The molecule has 1 aliphatic heterocycles. The van der Waals surface area contributed by atoms with Crippen LogP contribution in [0.3, 0.4) is 0 Å². The highest BCUT2D eigenvalue weighted by molar-refractivity contribution is 8.00. The van der Waals surface area contributed by atoms with Crippen LogP contribution in [0.15, 0.2) is 0 Å². The van der Waals surface area contributed by atoms with Crippen LogP contribution < -0.4 is 5.32 Å². The van der Waals surface area contributed by atoms with Crippen LogP contribution >= 0.6 is 11.8 Å². The molecule has 1 heterocycles. The van der Waals surface area contributed by atoms with Crippen molar-refractivity contribution in [2.24, 2.45) is 11.8 Å². The molecule has 2 nitrogen and oxygen atoms in total. The second-order valence-electron chi connectivity index (χ2n) is 6.22. The van der Waals surface area contributed by atoms with Gasteiger partial charge in [-0.15, -0.1) is 0 Å². The maximum atomic E-state index is 5.75. The third kappa shape index (κ3) is 3.88. The molecule has 106 valence electrons. The lowest BCUT2D eigenvalue weighted by Crippen LogP contribution is -2.42. The highest BCUT2D eigenvalue weighted by Crippen LogP contribution is 2.37. The minimum absolute atomic E-state index is 0.534. The van der Waals surface area contributed by atoms with E-state index in [0.29, 0.717) is 12.1 Å². The maximum Gasteiger partial charge on any atom is 0.0666 e. The van der Waals surface area contributed by atoms with Crippen LogP contribution in [0.1, 0.15) is 46.0 Å². The molecule has 4 atom stereocenters. The van der Waals surface area contributed by atoms with E-state index in [2.05, 4.69) is 38.0 Å². The van der Waals surface area contributed by atoms with Gasteiger partial charge in [-0.2, -0.15) is 11.8 Å². The van der Waals surface area contributed by atoms with E-state index in [-0.39, 0.29) is 0 Å². The summed E-state index contributed by atoms with van der Waals surface area (Å²) in [5, 5.41) is 4.32. The van der Waals surface area contributed by atoms with Gasteiger partial charge < -0.3 is 10.1 Å². The predicted molar refractivity (Wildman–Crippen MR) is 80.2 cm³/mol. The molecule has 0 aromatic rings. The third-order valence-corrected chi connectivity index (χ3v) is 6.18. The molecular weight excluding hydrogens is 242 g/mol. The molecule has 0 amide bonds. The first-order chi connectivity index (χ1) is 8.70. The van der Waals surface area contributed by atoms with Gasteiger partial charge >= 0.3 is 0 Å². The van der Waals surface area contributed by atoms with E-state index in [1.165, 1.54) is 37.9 Å². The van der Waals surface area contributed by atoms with Crippen LogP contribution in [0, 0.1) is 11.8 Å². The summed E-state index contributed by atoms with van der Waals surface area (Å²) in [5.74, 6) is 2.97. The molecule has 0 aromatic heterocycles. The smallest absolute Gasteiger partial charge is 0.0666 e. The first kappa shape index (κ1) is 14.7. The van der Waals surface area contributed by atoms with E-state index in [4.69, 9.17) is 4.74 Å². The fourth-order valence-corrected chi connectivity index (χ4v) is 4.90. The van der Waals surface area contributed by atoms with Gasteiger partial charge in [0.15, 0.2) is 0 Å². The molecule has 0 radical (unpaired) electrons. The number of ether oxygens (including phenoxy) is 1. The second-order valence-corrected chi connectivity index (χ2v) is 7.49. The molecule has 2 fully saturated rings. The van der Waals surface area contributed by atoms with Crippen LogP contribution in [0.2, 0.25) is 0 Å². The summed E-state index contributed by atoms with van der Waals surface area (Å²) in [6.07, 6.45) is 7.22. The lowest BCUT2D eigenvalue weighted by atomic mass is 9.79. The Balaban J connectivity index is 1.81. The van der Waals surface area contributed by atoms with Gasteiger partial charge in [-0.25, -0.2) is 0 Å². The molecular formula is C15H29NOS. The average molecular weight is 271 g/mol. The van der Waals surface area contributed by atoms with Crippen molar-refractivity contribution in [3.63, 3.8) is 0 Å². The molecule has 3 heteroatoms. The van der Waals surface area contributed by atoms with Gasteiger partial charge in [-0.3, -0.25) is 0 Å². The Kier molecular flexibility index (Phi) is 5.84. The molecule has 1 saturated heterocycles. The van der Waals surface area contributed by atoms with Crippen molar-refractivity contribution in [3.05, 3.63) is 0 Å². The average Bonchev–Trinajstić information content (AvgIpc) is 2.89. The van der Waals surface area contributed by atoms with Gasteiger partial charge in [0.25, 0.3) is 0 Å². The predicted octanol–water partition coefficient (Wildman–Crippen LogP) is 3.31. The standard InChI is InChI=1S/C15H29NOS/c1-11(2)12-6-7-14(16-3)15(9-12)18-10-13-5-4-8-17-13/h11-16H,4-10H2,1-3H3. The highest BCUT2D eigenvalue weighted by atomic mass is 32.2. The highest BCUT2D eigenvalue weighted by Gasteiger charge is 2.32. The quantitative estimate of drug-likeness (QED) is 0.829. The SMILES string of the molecule is CNC1CCC(C(C)C)CC1SCC1CCCO1. The largest absolute Gasteiger partial charge is 0.377 e.